The molecule has 0 fully saturated rings. The summed E-state index contributed by atoms with van der Waals surface area (Å²) in [6.45, 7) is 0. The monoisotopic (exact) mass is 347 g/mol. The van der Waals surface area contributed by atoms with Gasteiger partial charge in [-0.25, -0.2) is 4.79 Å². The van der Waals surface area contributed by atoms with E-state index in [1.165, 1.54) is 13.2 Å². The summed E-state index contributed by atoms with van der Waals surface area (Å²) >= 11 is 0. The Morgan fingerprint density at radius 3 is 2.62 bits per heavy atom. The first-order valence-electron chi connectivity index (χ1n) is 7.83. The summed E-state index contributed by atoms with van der Waals surface area (Å²) < 4.78 is 4.93. The smallest absolute Gasteiger partial charge is 0.342 e. The Hall–Kier alpha value is -3.74. The van der Waals surface area contributed by atoms with E-state index in [0.29, 0.717) is 5.52 Å². The molecule has 2 aromatic carbocycles. The molecule has 0 aliphatic heterocycles. The molecule has 0 saturated carbocycles. The van der Waals surface area contributed by atoms with Crippen LogP contribution in [0.25, 0.3) is 33.1 Å². The van der Waals surface area contributed by atoms with Crippen molar-refractivity contribution in [3.8, 4) is 11.3 Å². The van der Waals surface area contributed by atoms with Crippen molar-refractivity contribution in [3.63, 3.8) is 0 Å². The van der Waals surface area contributed by atoms with Crippen LogP contribution in [-0.4, -0.2) is 28.0 Å². The van der Waals surface area contributed by atoms with Gasteiger partial charge < -0.3 is 9.72 Å². The summed E-state index contributed by atoms with van der Waals surface area (Å²) in [5.41, 5.74) is 1.91. The number of carbonyl (C=O) groups excluding carboxylic acids is 1. The quantitative estimate of drug-likeness (QED) is 0.342. The first-order valence-corrected chi connectivity index (χ1v) is 7.83. The predicted octanol–water partition coefficient (Wildman–Crippen LogP) is 4.08. The second-order valence-corrected chi connectivity index (χ2v) is 5.71. The van der Waals surface area contributed by atoms with E-state index >= 15 is 0 Å². The number of fused-ring (bicyclic) bond motifs is 3. The van der Waals surface area contributed by atoms with Gasteiger partial charge in [-0.2, -0.15) is 0 Å². The van der Waals surface area contributed by atoms with Gasteiger partial charge in [0.05, 0.1) is 28.8 Å². The minimum absolute atomic E-state index is 0.124. The number of H-pyrrole nitrogens is 1. The molecule has 0 unspecified atom stereocenters. The number of aromatic nitrogens is 2. The number of hydrogen-bond donors (Lipinski definition) is 1. The molecule has 128 valence electrons. The Labute approximate surface area is 147 Å². The van der Waals surface area contributed by atoms with Gasteiger partial charge in [-0.15, -0.1) is 0 Å². The number of nitrogens with one attached hydrogen (secondary N) is 1. The normalized spacial score (nSPS) is 11.0. The molecule has 4 rings (SSSR count). The highest BCUT2D eigenvalue weighted by molar-refractivity contribution is 6.16. The third-order valence-corrected chi connectivity index (χ3v) is 4.30. The molecular formula is C19H13N3O4. The minimum Gasteiger partial charge on any atom is -0.465 e. The second kappa shape index (κ2) is 5.96. The SMILES string of the molecule is COC(=O)c1c(-c2ccccc2[N+](=O)[O-])ncc2c1[nH]c1ccccc12. The number of nitrogens with zero attached hydrogens (tertiary/aromatic N) is 2. The molecule has 2 aromatic heterocycles. The van der Waals surface area contributed by atoms with Crippen LogP contribution in [0, 0.1) is 10.1 Å². The van der Waals surface area contributed by atoms with E-state index in [2.05, 4.69) is 9.97 Å². The van der Waals surface area contributed by atoms with Crippen molar-refractivity contribution in [1.29, 1.82) is 0 Å². The number of hydrogen-bond acceptors (Lipinski definition) is 5. The average molecular weight is 347 g/mol. The van der Waals surface area contributed by atoms with Crippen molar-refractivity contribution in [3.05, 3.63) is 70.4 Å². The lowest BCUT2D eigenvalue weighted by Gasteiger charge is -2.09. The van der Waals surface area contributed by atoms with Crippen LogP contribution in [0.5, 0.6) is 0 Å². The van der Waals surface area contributed by atoms with Crippen molar-refractivity contribution in [2.75, 3.05) is 7.11 Å². The van der Waals surface area contributed by atoms with Gasteiger partial charge in [-0.05, 0) is 12.1 Å². The summed E-state index contributed by atoms with van der Waals surface area (Å²) in [5, 5.41) is 13.1. The first-order chi connectivity index (χ1) is 12.6. The average Bonchev–Trinajstić information content (AvgIpc) is 3.05. The fraction of sp³-hybridized carbons (Fsp3) is 0.0526. The zero-order valence-corrected chi connectivity index (χ0v) is 13.7. The molecule has 0 amide bonds. The van der Waals surface area contributed by atoms with Gasteiger partial charge in [0.15, 0.2) is 0 Å². The number of rotatable bonds is 3. The van der Waals surface area contributed by atoms with E-state index in [0.717, 1.165) is 16.3 Å². The molecule has 7 heteroatoms. The lowest BCUT2D eigenvalue weighted by molar-refractivity contribution is -0.384. The van der Waals surface area contributed by atoms with Crippen molar-refractivity contribution in [2.24, 2.45) is 0 Å². The van der Waals surface area contributed by atoms with Crippen LogP contribution >= 0.6 is 0 Å². The third-order valence-electron chi connectivity index (χ3n) is 4.30. The maximum Gasteiger partial charge on any atom is 0.342 e. The van der Waals surface area contributed by atoms with Crippen LogP contribution < -0.4 is 0 Å². The molecule has 1 N–H and O–H groups in total. The van der Waals surface area contributed by atoms with Crippen LogP contribution in [0.3, 0.4) is 0 Å². The Morgan fingerprint density at radius 1 is 1.12 bits per heavy atom. The molecule has 0 aliphatic carbocycles. The first kappa shape index (κ1) is 15.8. The molecule has 0 radical (unpaired) electrons. The van der Waals surface area contributed by atoms with Gasteiger partial charge in [0.1, 0.15) is 5.56 Å². The third kappa shape index (κ3) is 2.29. The second-order valence-electron chi connectivity index (χ2n) is 5.71. The van der Waals surface area contributed by atoms with E-state index in [1.807, 2.05) is 24.3 Å². The highest BCUT2D eigenvalue weighted by Crippen LogP contribution is 2.36. The van der Waals surface area contributed by atoms with Crippen LogP contribution in [0.4, 0.5) is 5.69 Å². The summed E-state index contributed by atoms with van der Waals surface area (Å²) in [6.07, 6.45) is 1.62. The van der Waals surface area contributed by atoms with Crippen molar-refractivity contribution in [2.45, 2.75) is 0 Å². The molecule has 4 aromatic rings. The van der Waals surface area contributed by atoms with Crippen LogP contribution in [-0.2, 0) is 4.74 Å². The number of esters is 1. The Morgan fingerprint density at radius 2 is 1.85 bits per heavy atom. The maximum atomic E-state index is 12.5. The number of methoxy groups -OCH3 is 1. The lowest BCUT2D eigenvalue weighted by Crippen LogP contribution is -2.07. The summed E-state index contributed by atoms with van der Waals surface area (Å²) in [7, 11) is 1.27. The molecular weight excluding hydrogens is 334 g/mol. The van der Waals surface area contributed by atoms with E-state index in [-0.39, 0.29) is 22.5 Å². The Kier molecular flexibility index (Phi) is 3.62. The Balaban J connectivity index is 2.12. The largest absolute Gasteiger partial charge is 0.465 e. The molecule has 26 heavy (non-hydrogen) atoms. The number of nitro groups is 1. The number of nitro benzene ring substituents is 1. The number of carbonyl (C=O) groups is 1. The van der Waals surface area contributed by atoms with E-state index in [1.54, 1.807) is 24.4 Å². The van der Waals surface area contributed by atoms with E-state index in [4.69, 9.17) is 4.74 Å². The molecule has 0 spiro atoms. The van der Waals surface area contributed by atoms with Gasteiger partial charge >= 0.3 is 5.97 Å². The van der Waals surface area contributed by atoms with Crippen molar-refractivity contribution >= 4 is 33.5 Å². The molecule has 0 aliphatic rings. The molecule has 7 nitrogen and oxygen atoms in total. The van der Waals surface area contributed by atoms with Gasteiger partial charge in [-0.3, -0.25) is 15.1 Å². The fourth-order valence-corrected chi connectivity index (χ4v) is 3.15. The van der Waals surface area contributed by atoms with Gasteiger partial charge in [0, 0.05) is 28.6 Å². The Bertz CT molecular complexity index is 1180. The molecule has 0 bridgehead atoms. The van der Waals surface area contributed by atoms with E-state index < -0.39 is 10.9 Å². The topological polar surface area (TPSA) is 98.1 Å². The van der Waals surface area contributed by atoms with Crippen LogP contribution in [0.2, 0.25) is 0 Å². The number of ether oxygens (including phenoxy) is 1. The maximum absolute atomic E-state index is 12.5. The predicted molar refractivity (Wildman–Crippen MR) is 97.0 cm³/mol. The standard InChI is InChI=1S/C19H13N3O4/c1-26-19(23)16-17(12-7-3-5-9-15(12)22(24)25)20-10-13-11-6-2-4-8-14(11)21-18(13)16/h2-10,21H,1H3. The van der Waals surface area contributed by atoms with Gasteiger partial charge in [0.2, 0.25) is 0 Å². The molecule has 0 atom stereocenters. The summed E-state index contributed by atoms with van der Waals surface area (Å²) in [6, 6.07) is 13.8. The highest BCUT2D eigenvalue weighted by atomic mass is 16.6. The zero-order chi connectivity index (χ0) is 18.3. The van der Waals surface area contributed by atoms with Crippen LogP contribution in [0.1, 0.15) is 10.4 Å². The minimum atomic E-state index is -0.609. The number of para-hydroxylation sites is 2. The van der Waals surface area contributed by atoms with Gasteiger partial charge in [0.25, 0.3) is 5.69 Å². The number of pyridine rings is 1. The highest BCUT2D eigenvalue weighted by Gasteiger charge is 2.25. The van der Waals surface area contributed by atoms with Crippen molar-refractivity contribution in [1.82, 2.24) is 9.97 Å². The van der Waals surface area contributed by atoms with E-state index in [9.17, 15) is 14.9 Å². The van der Waals surface area contributed by atoms with Gasteiger partial charge in [-0.1, -0.05) is 30.3 Å². The number of aromatic amines is 1. The summed E-state index contributed by atoms with van der Waals surface area (Å²) in [4.78, 5) is 31.0. The lowest BCUT2D eigenvalue weighted by atomic mass is 10.0. The molecule has 2 heterocycles. The van der Waals surface area contributed by atoms with Crippen LogP contribution in [0.15, 0.2) is 54.7 Å². The molecule has 0 saturated heterocycles. The number of benzene rings is 2. The fourth-order valence-electron chi connectivity index (χ4n) is 3.15. The summed E-state index contributed by atoms with van der Waals surface area (Å²) in [5.74, 6) is -0.609. The van der Waals surface area contributed by atoms with Crippen molar-refractivity contribution < 1.29 is 14.5 Å². The zero-order valence-electron chi connectivity index (χ0n) is 13.7.